The van der Waals surface area contributed by atoms with Crippen LogP contribution in [-0.4, -0.2) is 18.3 Å². The third-order valence-corrected chi connectivity index (χ3v) is 3.51. The SMILES string of the molecule is NCCCC(O)c1cc(Cl)cc2c1OCCCC2. The van der Waals surface area contributed by atoms with Crippen LogP contribution in [0.5, 0.6) is 5.75 Å². The molecule has 0 saturated carbocycles. The summed E-state index contributed by atoms with van der Waals surface area (Å²) in [6.07, 6.45) is 4.01. The molecule has 0 fully saturated rings. The van der Waals surface area contributed by atoms with Crippen molar-refractivity contribution in [2.24, 2.45) is 5.73 Å². The van der Waals surface area contributed by atoms with Crippen LogP contribution in [0.4, 0.5) is 0 Å². The number of aryl methyl sites for hydroxylation is 1. The topological polar surface area (TPSA) is 55.5 Å². The summed E-state index contributed by atoms with van der Waals surface area (Å²) < 4.78 is 5.79. The Morgan fingerprint density at radius 2 is 2.22 bits per heavy atom. The van der Waals surface area contributed by atoms with Crippen LogP contribution >= 0.6 is 11.6 Å². The van der Waals surface area contributed by atoms with Gasteiger partial charge in [0.1, 0.15) is 5.75 Å². The zero-order chi connectivity index (χ0) is 13.0. The van der Waals surface area contributed by atoms with E-state index in [-0.39, 0.29) is 0 Å². The Morgan fingerprint density at radius 3 is 3.00 bits per heavy atom. The van der Waals surface area contributed by atoms with E-state index in [0.29, 0.717) is 24.6 Å². The van der Waals surface area contributed by atoms with Gasteiger partial charge in [0, 0.05) is 10.6 Å². The van der Waals surface area contributed by atoms with Crippen LogP contribution in [-0.2, 0) is 6.42 Å². The van der Waals surface area contributed by atoms with E-state index in [1.807, 2.05) is 12.1 Å². The van der Waals surface area contributed by atoms with Gasteiger partial charge in [0.15, 0.2) is 0 Å². The zero-order valence-electron chi connectivity index (χ0n) is 10.5. The van der Waals surface area contributed by atoms with Gasteiger partial charge in [-0.15, -0.1) is 0 Å². The largest absolute Gasteiger partial charge is 0.493 e. The minimum absolute atomic E-state index is 0.542. The van der Waals surface area contributed by atoms with Crippen molar-refractivity contribution in [1.82, 2.24) is 0 Å². The number of fused-ring (bicyclic) bond motifs is 1. The van der Waals surface area contributed by atoms with Crippen molar-refractivity contribution in [3.05, 3.63) is 28.3 Å². The maximum atomic E-state index is 10.2. The summed E-state index contributed by atoms with van der Waals surface area (Å²) in [5, 5.41) is 10.9. The van der Waals surface area contributed by atoms with Crippen LogP contribution in [0.15, 0.2) is 12.1 Å². The Hall–Kier alpha value is -0.770. The highest BCUT2D eigenvalue weighted by atomic mass is 35.5. The predicted octanol–water partition coefficient (Wildman–Crippen LogP) is 2.83. The van der Waals surface area contributed by atoms with Crippen LogP contribution in [0.2, 0.25) is 5.02 Å². The quantitative estimate of drug-likeness (QED) is 0.884. The summed E-state index contributed by atoms with van der Waals surface area (Å²) in [6.45, 7) is 1.30. The first-order valence-electron chi connectivity index (χ1n) is 6.55. The molecule has 0 saturated heterocycles. The molecular weight excluding hydrogens is 250 g/mol. The molecule has 3 nitrogen and oxygen atoms in total. The number of nitrogens with two attached hydrogens (primary N) is 1. The van der Waals surface area contributed by atoms with Crippen molar-refractivity contribution in [3.8, 4) is 5.75 Å². The van der Waals surface area contributed by atoms with Crippen LogP contribution in [0, 0.1) is 0 Å². The third kappa shape index (κ3) is 3.16. The first kappa shape index (κ1) is 13.7. The fraction of sp³-hybridized carbons (Fsp3) is 0.571. The van der Waals surface area contributed by atoms with E-state index in [1.54, 1.807) is 0 Å². The van der Waals surface area contributed by atoms with Gasteiger partial charge in [0.05, 0.1) is 12.7 Å². The van der Waals surface area contributed by atoms with E-state index in [2.05, 4.69) is 0 Å². The molecule has 0 amide bonds. The lowest BCUT2D eigenvalue weighted by Crippen LogP contribution is -2.07. The Morgan fingerprint density at radius 1 is 1.39 bits per heavy atom. The summed E-state index contributed by atoms with van der Waals surface area (Å²) in [5.74, 6) is 0.835. The van der Waals surface area contributed by atoms with E-state index < -0.39 is 6.10 Å². The molecule has 1 aliphatic rings. The maximum Gasteiger partial charge on any atom is 0.128 e. The standard InChI is InChI=1S/C14H20ClNO2/c15-11-8-10-4-1-2-7-18-14(10)12(9-11)13(17)5-3-6-16/h8-9,13,17H,1-7,16H2. The summed E-state index contributed by atoms with van der Waals surface area (Å²) in [7, 11) is 0. The van der Waals surface area contributed by atoms with Crippen molar-refractivity contribution in [3.63, 3.8) is 0 Å². The highest BCUT2D eigenvalue weighted by molar-refractivity contribution is 6.30. The molecular formula is C14H20ClNO2. The number of hydrogen-bond acceptors (Lipinski definition) is 3. The number of aliphatic hydroxyl groups is 1. The molecule has 0 radical (unpaired) electrons. The Balaban J connectivity index is 2.30. The summed E-state index contributed by atoms with van der Waals surface area (Å²) >= 11 is 6.12. The predicted molar refractivity (Wildman–Crippen MR) is 73.1 cm³/mol. The average molecular weight is 270 g/mol. The van der Waals surface area contributed by atoms with E-state index in [1.165, 1.54) is 0 Å². The van der Waals surface area contributed by atoms with Crippen LogP contribution in [0.25, 0.3) is 0 Å². The average Bonchev–Trinajstić information content (AvgIpc) is 2.59. The van der Waals surface area contributed by atoms with E-state index in [9.17, 15) is 5.11 Å². The first-order chi connectivity index (χ1) is 8.72. The van der Waals surface area contributed by atoms with Gasteiger partial charge >= 0.3 is 0 Å². The van der Waals surface area contributed by atoms with Crippen LogP contribution in [0.3, 0.4) is 0 Å². The molecule has 0 aliphatic carbocycles. The molecule has 3 N–H and O–H groups in total. The van der Waals surface area contributed by atoms with Crippen LogP contribution in [0.1, 0.15) is 42.9 Å². The normalized spacial score (nSPS) is 16.6. The smallest absolute Gasteiger partial charge is 0.128 e. The van der Waals surface area contributed by atoms with Gasteiger partial charge in [0.25, 0.3) is 0 Å². The van der Waals surface area contributed by atoms with Gasteiger partial charge in [-0.3, -0.25) is 0 Å². The molecule has 0 aromatic heterocycles. The van der Waals surface area contributed by atoms with Gasteiger partial charge in [0.2, 0.25) is 0 Å². The lowest BCUT2D eigenvalue weighted by Gasteiger charge is -2.18. The van der Waals surface area contributed by atoms with Crippen LogP contribution < -0.4 is 10.5 Å². The highest BCUT2D eigenvalue weighted by Gasteiger charge is 2.19. The van der Waals surface area contributed by atoms with Crippen molar-refractivity contribution in [2.75, 3.05) is 13.2 Å². The van der Waals surface area contributed by atoms with Crippen molar-refractivity contribution < 1.29 is 9.84 Å². The van der Waals surface area contributed by atoms with E-state index >= 15 is 0 Å². The Labute approximate surface area is 113 Å². The molecule has 1 aromatic rings. The van der Waals surface area contributed by atoms with Gasteiger partial charge < -0.3 is 15.6 Å². The fourth-order valence-electron chi connectivity index (χ4n) is 2.34. The molecule has 1 atom stereocenters. The minimum Gasteiger partial charge on any atom is -0.493 e. The molecule has 1 unspecified atom stereocenters. The second-order valence-electron chi connectivity index (χ2n) is 4.74. The number of hydrogen-bond donors (Lipinski definition) is 2. The number of aliphatic hydroxyl groups excluding tert-OH is 1. The monoisotopic (exact) mass is 269 g/mol. The second kappa shape index (κ2) is 6.41. The second-order valence-corrected chi connectivity index (χ2v) is 5.17. The lowest BCUT2D eigenvalue weighted by atomic mass is 9.98. The van der Waals surface area contributed by atoms with Gasteiger partial charge in [-0.2, -0.15) is 0 Å². The number of rotatable bonds is 4. The molecule has 1 heterocycles. The van der Waals surface area contributed by atoms with E-state index in [4.69, 9.17) is 22.1 Å². The summed E-state index contributed by atoms with van der Waals surface area (Å²) in [4.78, 5) is 0. The Bertz CT molecular complexity index is 409. The van der Waals surface area contributed by atoms with Gasteiger partial charge in [-0.1, -0.05) is 11.6 Å². The van der Waals surface area contributed by atoms with E-state index in [0.717, 1.165) is 42.6 Å². The number of ether oxygens (including phenoxy) is 1. The number of halogens is 1. The lowest BCUT2D eigenvalue weighted by molar-refractivity contribution is 0.159. The molecule has 1 aromatic carbocycles. The fourth-order valence-corrected chi connectivity index (χ4v) is 2.59. The van der Waals surface area contributed by atoms with Crippen molar-refractivity contribution >= 4 is 11.6 Å². The summed E-state index contributed by atoms with van der Waals surface area (Å²) in [6, 6.07) is 3.76. The third-order valence-electron chi connectivity index (χ3n) is 3.29. The molecule has 4 heteroatoms. The molecule has 0 spiro atoms. The van der Waals surface area contributed by atoms with Crippen molar-refractivity contribution in [1.29, 1.82) is 0 Å². The molecule has 100 valence electrons. The number of benzene rings is 1. The maximum absolute atomic E-state index is 10.2. The zero-order valence-corrected chi connectivity index (χ0v) is 11.2. The van der Waals surface area contributed by atoms with Gasteiger partial charge in [-0.25, -0.2) is 0 Å². The molecule has 0 bridgehead atoms. The van der Waals surface area contributed by atoms with Crippen molar-refractivity contribution in [2.45, 2.75) is 38.2 Å². The summed E-state index contributed by atoms with van der Waals surface area (Å²) in [5.41, 5.74) is 7.40. The highest BCUT2D eigenvalue weighted by Crippen LogP contribution is 2.36. The minimum atomic E-state index is -0.542. The molecule has 1 aliphatic heterocycles. The van der Waals surface area contributed by atoms with Gasteiger partial charge in [-0.05, 0) is 56.3 Å². The molecule has 18 heavy (non-hydrogen) atoms. The molecule has 2 rings (SSSR count). The Kier molecular flexibility index (Phi) is 4.87. The first-order valence-corrected chi connectivity index (χ1v) is 6.93.